The number of hydrogen-bond donors (Lipinski definition) is 1. The predicted molar refractivity (Wildman–Crippen MR) is 107 cm³/mol. The molecule has 1 rings (SSSR count). The maximum Gasteiger partial charge on any atom is 0.331 e. The Bertz CT molecular complexity index is 517. The Morgan fingerprint density at radius 1 is 1.17 bits per heavy atom. The molecule has 1 aromatic rings. The maximum absolute atomic E-state index is 6.00. The first-order chi connectivity index (χ1) is 10.6. The molecule has 2 nitrogen and oxygen atoms in total. The van der Waals surface area contributed by atoms with Gasteiger partial charge in [0.1, 0.15) is 5.76 Å². The van der Waals surface area contributed by atoms with E-state index < -0.39 is 0 Å². The molecule has 1 radical (unpaired) electrons. The van der Waals surface area contributed by atoms with E-state index in [-0.39, 0.29) is 10.3 Å². The molecule has 0 saturated heterocycles. The highest BCUT2D eigenvalue weighted by molar-refractivity contribution is 7.81. The van der Waals surface area contributed by atoms with Crippen LogP contribution in [0.3, 0.4) is 0 Å². The third-order valence-corrected chi connectivity index (χ3v) is 4.62. The van der Waals surface area contributed by atoms with Crippen molar-refractivity contribution in [1.82, 2.24) is 0 Å². The van der Waals surface area contributed by atoms with Gasteiger partial charge in [-0.2, -0.15) is 12.6 Å². The van der Waals surface area contributed by atoms with Crippen molar-refractivity contribution < 1.29 is 9.39 Å². The molecular formula is C19H32BO2S. The first kappa shape index (κ1) is 22.1. The van der Waals surface area contributed by atoms with Gasteiger partial charge in [0, 0.05) is 10.3 Å². The van der Waals surface area contributed by atoms with Crippen LogP contribution in [0.25, 0.3) is 5.76 Å². The van der Waals surface area contributed by atoms with Gasteiger partial charge >= 0.3 is 7.48 Å². The van der Waals surface area contributed by atoms with Crippen LogP contribution in [-0.4, -0.2) is 24.9 Å². The molecule has 0 aliphatic carbocycles. The Kier molecular flexibility index (Phi) is 9.08. The van der Waals surface area contributed by atoms with E-state index in [1.807, 2.05) is 60.3 Å². The standard InChI is InChI=1S/C17H26BO2S.C2H6/c1-8-15(19-7)13-10-9-11-14(12(13)2)18-20-16(3,4)17(5,6)21;1-2/h8-11,21H,1-7H3;1-2H3. The molecule has 0 unspecified atom stereocenters. The van der Waals surface area contributed by atoms with Crippen molar-refractivity contribution in [3.05, 3.63) is 35.4 Å². The SMILES string of the molecule is CC.CC=C(OC)c1cccc([B]OC(C)(C)C(C)(C)S)c1C. The minimum Gasteiger partial charge on any atom is -0.496 e. The average Bonchev–Trinajstić information content (AvgIpc) is 2.50. The molecule has 0 atom stereocenters. The minimum atomic E-state index is -0.372. The first-order valence-electron chi connectivity index (χ1n) is 8.17. The van der Waals surface area contributed by atoms with Crippen LogP contribution in [0, 0.1) is 6.92 Å². The Morgan fingerprint density at radius 3 is 2.17 bits per heavy atom. The minimum absolute atomic E-state index is 0.240. The summed E-state index contributed by atoms with van der Waals surface area (Å²) in [5.74, 6) is 0.872. The fourth-order valence-corrected chi connectivity index (χ4v) is 1.84. The molecule has 0 aromatic heterocycles. The van der Waals surface area contributed by atoms with Crippen LogP contribution < -0.4 is 5.46 Å². The third-order valence-electron chi connectivity index (χ3n) is 4.08. The summed E-state index contributed by atoms with van der Waals surface area (Å²) in [5, 5.41) is 0. The smallest absolute Gasteiger partial charge is 0.331 e. The number of ether oxygens (including phenoxy) is 1. The van der Waals surface area contributed by atoms with Gasteiger partial charge in [0.15, 0.2) is 0 Å². The largest absolute Gasteiger partial charge is 0.496 e. The van der Waals surface area contributed by atoms with Crippen molar-refractivity contribution in [2.24, 2.45) is 0 Å². The number of thiol groups is 1. The van der Waals surface area contributed by atoms with Crippen LogP contribution in [0.5, 0.6) is 0 Å². The summed E-state index contributed by atoms with van der Waals surface area (Å²) in [6.45, 7) is 16.2. The van der Waals surface area contributed by atoms with E-state index in [4.69, 9.17) is 9.39 Å². The summed E-state index contributed by atoms with van der Waals surface area (Å²) in [6, 6.07) is 6.11. The normalized spacial score (nSPS) is 12.3. The zero-order valence-electron chi connectivity index (χ0n) is 16.2. The molecule has 129 valence electrons. The monoisotopic (exact) mass is 335 g/mol. The van der Waals surface area contributed by atoms with E-state index in [1.165, 1.54) is 0 Å². The van der Waals surface area contributed by atoms with Crippen molar-refractivity contribution in [2.45, 2.75) is 65.7 Å². The van der Waals surface area contributed by atoms with Crippen LogP contribution in [0.2, 0.25) is 0 Å². The lowest BCUT2D eigenvalue weighted by atomic mass is 9.80. The Hall–Kier alpha value is -0.865. The summed E-state index contributed by atoms with van der Waals surface area (Å²) in [7, 11) is 3.51. The Labute approximate surface area is 149 Å². The average molecular weight is 335 g/mol. The van der Waals surface area contributed by atoms with E-state index in [0.29, 0.717) is 0 Å². The van der Waals surface area contributed by atoms with Gasteiger partial charge in [0.25, 0.3) is 0 Å². The zero-order valence-corrected chi connectivity index (χ0v) is 17.0. The molecule has 0 amide bonds. The van der Waals surface area contributed by atoms with Gasteiger partial charge in [-0.3, -0.25) is 0 Å². The molecule has 0 fully saturated rings. The van der Waals surface area contributed by atoms with Gasteiger partial charge in [-0.25, -0.2) is 0 Å². The fraction of sp³-hybridized carbons (Fsp3) is 0.579. The molecule has 0 saturated carbocycles. The highest BCUT2D eigenvalue weighted by Gasteiger charge is 2.34. The molecule has 0 heterocycles. The molecular weight excluding hydrogens is 303 g/mol. The highest BCUT2D eigenvalue weighted by Crippen LogP contribution is 2.30. The molecule has 0 N–H and O–H groups in total. The Balaban J connectivity index is 0.00000232. The lowest BCUT2D eigenvalue weighted by molar-refractivity contribution is 0.0854. The second-order valence-corrected chi connectivity index (χ2v) is 7.30. The molecule has 1 aromatic carbocycles. The van der Waals surface area contributed by atoms with E-state index in [0.717, 1.165) is 22.3 Å². The molecule has 4 heteroatoms. The van der Waals surface area contributed by atoms with Gasteiger partial charge < -0.3 is 9.39 Å². The predicted octanol–water partition coefficient (Wildman–Crippen LogP) is 4.78. The first-order valence-corrected chi connectivity index (χ1v) is 8.62. The van der Waals surface area contributed by atoms with E-state index in [1.54, 1.807) is 7.11 Å². The quantitative estimate of drug-likeness (QED) is 0.458. The van der Waals surface area contributed by atoms with Gasteiger partial charge in [-0.1, -0.05) is 32.0 Å². The second kappa shape index (κ2) is 9.44. The highest BCUT2D eigenvalue weighted by atomic mass is 32.1. The van der Waals surface area contributed by atoms with Crippen LogP contribution in [-0.2, 0) is 9.39 Å². The van der Waals surface area contributed by atoms with Crippen LogP contribution >= 0.6 is 12.6 Å². The zero-order chi connectivity index (χ0) is 18.3. The van der Waals surface area contributed by atoms with Crippen LogP contribution in [0.15, 0.2) is 24.3 Å². The van der Waals surface area contributed by atoms with Gasteiger partial charge in [0.2, 0.25) is 0 Å². The number of rotatable bonds is 6. The molecule has 0 spiro atoms. The van der Waals surface area contributed by atoms with Gasteiger partial charge in [-0.15, -0.1) is 0 Å². The molecule has 0 aliphatic heterocycles. The lowest BCUT2D eigenvalue weighted by Crippen LogP contribution is -2.46. The Morgan fingerprint density at radius 2 is 1.74 bits per heavy atom. The molecule has 0 aliphatic rings. The topological polar surface area (TPSA) is 18.5 Å². The number of methoxy groups -OCH3 is 1. The van der Waals surface area contributed by atoms with Gasteiger partial charge in [0.05, 0.1) is 12.7 Å². The van der Waals surface area contributed by atoms with Crippen molar-refractivity contribution in [3.8, 4) is 0 Å². The molecule has 0 bridgehead atoms. The number of benzene rings is 1. The van der Waals surface area contributed by atoms with Gasteiger partial charge in [-0.05, 0) is 58.6 Å². The van der Waals surface area contributed by atoms with E-state index in [9.17, 15) is 0 Å². The number of hydrogen-bond acceptors (Lipinski definition) is 3. The van der Waals surface area contributed by atoms with E-state index >= 15 is 0 Å². The lowest BCUT2D eigenvalue weighted by Gasteiger charge is -2.38. The summed E-state index contributed by atoms with van der Waals surface area (Å²) in [4.78, 5) is 0. The van der Waals surface area contributed by atoms with E-state index in [2.05, 4.69) is 39.5 Å². The van der Waals surface area contributed by atoms with Crippen LogP contribution in [0.4, 0.5) is 0 Å². The van der Waals surface area contributed by atoms with Crippen molar-refractivity contribution in [2.75, 3.05) is 7.11 Å². The third kappa shape index (κ3) is 5.93. The van der Waals surface area contributed by atoms with Crippen molar-refractivity contribution in [1.29, 1.82) is 0 Å². The maximum atomic E-state index is 6.00. The molecule has 23 heavy (non-hydrogen) atoms. The second-order valence-electron chi connectivity index (χ2n) is 6.18. The summed E-state index contributed by atoms with van der Waals surface area (Å²) in [6.07, 6.45) is 1.97. The fourth-order valence-electron chi connectivity index (χ4n) is 1.79. The van der Waals surface area contributed by atoms with Crippen molar-refractivity contribution >= 4 is 31.3 Å². The summed E-state index contributed by atoms with van der Waals surface area (Å²) < 4.78 is 11.2. The van der Waals surface area contributed by atoms with Crippen LogP contribution in [0.1, 0.15) is 59.6 Å². The summed E-state index contributed by atoms with van der Waals surface area (Å²) in [5.41, 5.74) is 2.90. The van der Waals surface area contributed by atoms with Crippen molar-refractivity contribution in [3.63, 3.8) is 0 Å². The number of allylic oxidation sites excluding steroid dienone is 1. The summed E-state index contributed by atoms with van der Waals surface area (Å²) >= 11 is 4.62.